The highest BCUT2D eigenvalue weighted by Gasteiger charge is 2.46. The highest BCUT2D eigenvalue weighted by atomic mass is 32.2. The van der Waals surface area contributed by atoms with Crippen LogP contribution in [0.3, 0.4) is 0 Å². The van der Waals surface area contributed by atoms with Gasteiger partial charge in [-0.3, -0.25) is 4.31 Å². The number of hydrogen-bond donors (Lipinski definition) is 1. The van der Waals surface area contributed by atoms with E-state index in [-0.39, 0.29) is 22.1 Å². The van der Waals surface area contributed by atoms with Gasteiger partial charge in [0.1, 0.15) is 10.7 Å². The third-order valence-electron chi connectivity index (χ3n) is 5.05. The van der Waals surface area contributed by atoms with E-state index in [2.05, 4.69) is 38.0 Å². The monoisotopic (exact) mass is 403 g/mol. The van der Waals surface area contributed by atoms with Gasteiger partial charge in [-0.25, -0.2) is 13.4 Å². The van der Waals surface area contributed by atoms with Crippen molar-refractivity contribution in [3.05, 3.63) is 48.7 Å². The van der Waals surface area contributed by atoms with Gasteiger partial charge in [0.25, 0.3) is 10.0 Å². The SMILES string of the molecule is CCN(c1ccccc1)S(=O)(=O)c1ccc(NC2CC(C)(C)OC2(C)C)nc1. The number of sulfonamides is 1. The summed E-state index contributed by atoms with van der Waals surface area (Å²) in [5, 5.41) is 3.40. The Labute approximate surface area is 168 Å². The molecule has 2 heterocycles. The summed E-state index contributed by atoms with van der Waals surface area (Å²) in [5.74, 6) is 0.640. The fourth-order valence-electron chi connectivity index (χ4n) is 3.80. The Hall–Kier alpha value is -2.12. The van der Waals surface area contributed by atoms with Gasteiger partial charge in [0, 0.05) is 12.7 Å². The molecular weight excluding hydrogens is 374 g/mol. The van der Waals surface area contributed by atoms with E-state index in [0.717, 1.165) is 6.42 Å². The molecule has 152 valence electrons. The molecule has 0 amide bonds. The van der Waals surface area contributed by atoms with Crippen molar-refractivity contribution in [1.29, 1.82) is 0 Å². The quantitative estimate of drug-likeness (QED) is 0.788. The number of para-hydroxylation sites is 1. The minimum absolute atomic E-state index is 0.0916. The fourth-order valence-corrected chi connectivity index (χ4v) is 5.22. The first-order valence-electron chi connectivity index (χ1n) is 9.56. The van der Waals surface area contributed by atoms with Gasteiger partial charge in [-0.2, -0.15) is 0 Å². The summed E-state index contributed by atoms with van der Waals surface area (Å²) >= 11 is 0. The van der Waals surface area contributed by atoms with Crippen molar-refractivity contribution in [3.63, 3.8) is 0 Å². The van der Waals surface area contributed by atoms with E-state index in [1.807, 2.05) is 25.1 Å². The lowest BCUT2D eigenvalue weighted by Crippen LogP contribution is -2.38. The number of aromatic nitrogens is 1. The Kier molecular flexibility index (Phi) is 5.42. The molecule has 1 saturated heterocycles. The lowest BCUT2D eigenvalue weighted by Gasteiger charge is -2.28. The highest BCUT2D eigenvalue weighted by molar-refractivity contribution is 7.92. The molecule has 1 aliphatic rings. The molecule has 1 fully saturated rings. The standard InChI is InChI=1S/C21H29N3O3S/c1-6-24(16-10-8-7-9-11-16)28(25,26)17-12-13-19(22-15-17)23-18-14-20(2,3)27-21(18,4)5/h7-13,15,18H,6,14H2,1-5H3,(H,22,23). The second kappa shape index (κ2) is 7.37. The van der Waals surface area contributed by atoms with Gasteiger partial charge in [0.05, 0.1) is 22.9 Å². The van der Waals surface area contributed by atoms with E-state index in [0.29, 0.717) is 18.1 Å². The van der Waals surface area contributed by atoms with Crippen LogP contribution in [0.2, 0.25) is 0 Å². The number of anilines is 2. The molecule has 1 atom stereocenters. The van der Waals surface area contributed by atoms with E-state index in [4.69, 9.17) is 4.74 Å². The van der Waals surface area contributed by atoms with Crippen molar-refractivity contribution in [3.8, 4) is 0 Å². The van der Waals surface area contributed by atoms with Crippen LogP contribution in [0.4, 0.5) is 11.5 Å². The maximum Gasteiger partial charge on any atom is 0.265 e. The molecule has 7 heteroatoms. The van der Waals surface area contributed by atoms with E-state index in [1.54, 1.807) is 24.3 Å². The van der Waals surface area contributed by atoms with Crippen molar-refractivity contribution in [1.82, 2.24) is 4.98 Å². The van der Waals surface area contributed by atoms with Gasteiger partial charge in [-0.1, -0.05) is 18.2 Å². The average Bonchev–Trinajstić information content (AvgIpc) is 2.83. The highest BCUT2D eigenvalue weighted by Crippen LogP contribution is 2.38. The van der Waals surface area contributed by atoms with Gasteiger partial charge in [-0.05, 0) is 65.3 Å². The molecule has 0 saturated carbocycles. The molecule has 1 N–H and O–H groups in total. The first kappa shape index (κ1) is 20.6. The molecular formula is C21H29N3O3S. The lowest BCUT2D eigenvalue weighted by atomic mass is 9.94. The van der Waals surface area contributed by atoms with E-state index < -0.39 is 10.0 Å². The summed E-state index contributed by atoms with van der Waals surface area (Å²) in [6, 6.07) is 12.5. The maximum atomic E-state index is 13.1. The summed E-state index contributed by atoms with van der Waals surface area (Å²) in [6.45, 7) is 10.4. The van der Waals surface area contributed by atoms with Crippen molar-refractivity contribution in [2.75, 3.05) is 16.2 Å². The molecule has 0 aliphatic carbocycles. The van der Waals surface area contributed by atoms with Crippen LogP contribution in [0, 0.1) is 0 Å². The molecule has 6 nitrogen and oxygen atoms in total. The minimum Gasteiger partial charge on any atom is -0.367 e. The van der Waals surface area contributed by atoms with Gasteiger partial charge >= 0.3 is 0 Å². The predicted octanol–water partition coefficient (Wildman–Crippen LogP) is 4.05. The average molecular weight is 404 g/mol. The zero-order chi connectivity index (χ0) is 20.6. The number of pyridine rings is 1. The van der Waals surface area contributed by atoms with Crippen LogP contribution in [0.25, 0.3) is 0 Å². The molecule has 0 spiro atoms. The first-order chi connectivity index (χ1) is 13.0. The van der Waals surface area contributed by atoms with E-state index >= 15 is 0 Å². The largest absolute Gasteiger partial charge is 0.367 e. The van der Waals surface area contributed by atoms with Crippen molar-refractivity contribution >= 4 is 21.5 Å². The second-order valence-electron chi connectivity index (χ2n) is 8.25. The topological polar surface area (TPSA) is 71.5 Å². The number of rotatable bonds is 6. The summed E-state index contributed by atoms with van der Waals surface area (Å²) in [4.78, 5) is 4.53. The number of nitrogens with zero attached hydrogens (tertiary/aromatic N) is 2. The second-order valence-corrected chi connectivity index (χ2v) is 10.1. The predicted molar refractivity (Wildman–Crippen MR) is 112 cm³/mol. The van der Waals surface area contributed by atoms with Crippen LogP contribution in [0.15, 0.2) is 53.6 Å². The third kappa shape index (κ3) is 4.15. The van der Waals surface area contributed by atoms with Crippen molar-refractivity contribution in [2.24, 2.45) is 0 Å². The number of nitrogens with one attached hydrogen (secondary N) is 1. The molecule has 3 rings (SSSR count). The maximum absolute atomic E-state index is 13.1. The van der Waals surface area contributed by atoms with Gasteiger partial charge in [-0.15, -0.1) is 0 Å². The third-order valence-corrected chi connectivity index (χ3v) is 6.94. The summed E-state index contributed by atoms with van der Waals surface area (Å²) < 4.78 is 33.6. The number of ether oxygens (including phenoxy) is 1. The fraction of sp³-hybridized carbons (Fsp3) is 0.476. The molecule has 28 heavy (non-hydrogen) atoms. The van der Waals surface area contributed by atoms with Crippen LogP contribution in [-0.4, -0.2) is 37.2 Å². The summed E-state index contributed by atoms with van der Waals surface area (Å²) in [6.07, 6.45) is 2.26. The smallest absolute Gasteiger partial charge is 0.265 e. The number of hydrogen-bond acceptors (Lipinski definition) is 5. The van der Waals surface area contributed by atoms with Crippen molar-refractivity contribution < 1.29 is 13.2 Å². The molecule has 1 aromatic carbocycles. The van der Waals surface area contributed by atoms with Crippen LogP contribution < -0.4 is 9.62 Å². The molecule has 0 radical (unpaired) electrons. The Bertz CT molecular complexity index is 910. The summed E-state index contributed by atoms with van der Waals surface area (Å²) in [5.41, 5.74) is 0.101. The van der Waals surface area contributed by atoms with Gasteiger partial charge < -0.3 is 10.1 Å². The van der Waals surface area contributed by atoms with E-state index in [9.17, 15) is 8.42 Å². The van der Waals surface area contributed by atoms with Crippen LogP contribution in [0.1, 0.15) is 41.0 Å². The zero-order valence-electron chi connectivity index (χ0n) is 17.1. The molecule has 1 unspecified atom stereocenters. The van der Waals surface area contributed by atoms with E-state index in [1.165, 1.54) is 10.5 Å². The minimum atomic E-state index is -3.67. The Morgan fingerprint density at radius 2 is 1.82 bits per heavy atom. The van der Waals surface area contributed by atoms with Gasteiger partial charge in [0.15, 0.2) is 0 Å². The van der Waals surface area contributed by atoms with Crippen LogP contribution in [0.5, 0.6) is 0 Å². The Morgan fingerprint density at radius 3 is 2.32 bits per heavy atom. The number of benzene rings is 1. The Morgan fingerprint density at radius 1 is 1.14 bits per heavy atom. The summed E-state index contributed by atoms with van der Waals surface area (Å²) in [7, 11) is -3.67. The molecule has 1 aliphatic heterocycles. The van der Waals surface area contributed by atoms with Crippen molar-refractivity contribution in [2.45, 2.75) is 63.2 Å². The van der Waals surface area contributed by atoms with Gasteiger partial charge in [0.2, 0.25) is 0 Å². The van der Waals surface area contributed by atoms with Crippen LogP contribution in [-0.2, 0) is 14.8 Å². The normalized spacial score (nSPS) is 20.7. The Balaban J connectivity index is 1.80. The van der Waals surface area contributed by atoms with Crippen LogP contribution >= 0.6 is 0 Å². The molecule has 0 bridgehead atoms. The molecule has 1 aromatic heterocycles. The zero-order valence-corrected chi connectivity index (χ0v) is 18.0. The molecule has 2 aromatic rings. The lowest BCUT2D eigenvalue weighted by molar-refractivity contribution is -0.0662. The first-order valence-corrected chi connectivity index (χ1v) is 11.0.